The number of rotatable bonds is 3. The Morgan fingerprint density at radius 3 is 2.41 bits per heavy atom. The average molecular weight is 243 g/mol. The smallest absolute Gasteiger partial charge is 0.408 e. The molecule has 98 valence electrons. The van der Waals surface area contributed by atoms with E-state index in [1.54, 1.807) is 20.8 Å². The molecular weight excluding hydrogens is 222 g/mol. The standard InChI is InChI=1S/C12H21NO4/c1-11(2,3)17-10(15)13-9(8-14)12(16)6-4-5-7-12/h4-5,9,14,16H,6-8H2,1-3H3,(H,13,15)/t9-/m1/s1. The number of hydrogen-bond donors (Lipinski definition) is 3. The number of carbonyl (C=O) groups is 1. The van der Waals surface area contributed by atoms with E-state index in [-0.39, 0.29) is 6.61 Å². The minimum atomic E-state index is -1.11. The molecule has 0 saturated heterocycles. The van der Waals surface area contributed by atoms with Gasteiger partial charge in [-0.05, 0) is 33.6 Å². The van der Waals surface area contributed by atoms with Crippen LogP contribution in [0.25, 0.3) is 0 Å². The number of aliphatic hydroxyl groups excluding tert-OH is 1. The molecule has 0 aliphatic heterocycles. The van der Waals surface area contributed by atoms with Gasteiger partial charge in [0.2, 0.25) is 0 Å². The third-order valence-corrected chi connectivity index (χ3v) is 2.63. The second-order valence-electron chi connectivity index (χ2n) is 5.36. The summed E-state index contributed by atoms with van der Waals surface area (Å²) in [4.78, 5) is 11.6. The van der Waals surface area contributed by atoms with E-state index in [1.165, 1.54) is 0 Å². The molecule has 0 unspecified atom stereocenters. The molecular formula is C12H21NO4. The highest BCUT2D eigenvalue weighted by Crippen LogP contribution is 2.27. The minimum Gasteiger partial charge on any atom is -0.444 e. The summed E-state index contributed by atoms with van der Waals surface area (Å²) in [5.74, 6) is 0. The van der Waals surface area contributed by atoms with Crippen molar-refractivity contribution >= 4 is 6.09 Å². The molecule has 1 aliphatic rings. The highest BCUT2D eigenvalue weighted by molar-refractivity contribution is 5.68. The number of hydrogen-bond acceptors (Lipinski definition) is 4. The van der Waals surface area contributed by atoms with E-state index in [1.807, 2.05) is 12.2 Å². The zero-order chi connectivity index (χ0) is 13.1. The number of alkyl carbamates (subject to hydrolysis) is 1. The molecule has 1 aliphatic carbocycles. The molecule has 0 aromatic carbocycles. The van der Waals surface area contributed by atoms with Crippen molar-refractivity contribution in [3.05, 3.63) is 12.2 Å². The maximum absolute atomic E-state index is 11.6. The molecule has 0 bridgehead atoms. The van der Waals surface area contributed by atoms with Gasteiger partial charge in [0.15, 0.2) is 0 Å². The highest BCUT2D eigenvalue weighted by atomic mass is 16.6. The third-order valence-electron chi connectivity index (χ3n) is 2.63. The van der Waals surface area contributed by atoms with Crippen molar-refractivity contribution in [3.63, 3.8) is 0 Å². The van der Waals surface area contributed by atoms with Gasteiger partial charge in [0.1, 0.15) is 5.60 Å². The van der Waals surface area contributed by atoms with E-state index in [9.17, 15) is 15.0 Å². The van der Waals surface area contributed by atoms with Crippen LogP contribution in [0.3, 0.4) is 0 Å². The van der Waals surface area contributed by atoms with Gasteiger partial charge in [0.25, 0.3) is 0 Å². The predicted molar refractivity (Wildman–Crippen MR) is 63.6 cm³/mol. The van der Waals surface area contributed by atoms with Gasteiger partial charge in [-0.15, -0.1) is 0 Å². The predicted octanol–water partition coefficient (Wildman–Crippen LogP) is 0.953. The summed E-state index contributed by atoms with van der Waals surface area (Å²) in [6, 6.07) is -0.715. The Labute approximate surface area is 101 Å². The fourth-order valence-corrected chi connectivity index (χ4v) is 1.74. The number of aliphatic hydroxyl groups is 2. The lowest BCUT2D eigenvalue weighted by atomic mass is 9.92. The lowest BCUT2D eigenvalue weighted by Gasteiger charge is -2.32. The summed E-state index contributed by atoms with van der Waals surface area (Å²) >= 11 is 0. The normalized spacial score (nSPS) is 20.1. The SMILES string of the molecule is CC(C)(C)OC(=O)N[C@H](CO)C1(O)CC=CC1. The quantitative estimate of drug-likeness (QED) is 0.645. The highest BCUT2D eigenvalue weighted by Gasteiger charge is 2.38. The van der Waals surface area contributed by atoms with Gasteiger partial charge in [-0.3, -0.25) is 0 Å². The molecule has 5 nitrogen and oxygen atoms in total. The van der Waals surface area contributed by atoms with Gasteiger partial charge in [-0.2, -0.15) is 0 Å². The molecule has 0 fully saturated rings. The lowest BCUT2D eigenvalue weighted by Crippen LogP contribution is -2.54. The van der Waals surface area contributed by atoms with E-state index in [0.29, 0.717) is 12.8 Å². The van der Waals surface area contributed by atoms with Gasteiger partial charge in [-0.1, -0.05) is 12.2 Å². The summed E-state index contributed by atoms with van der Waals surface area (Å²) in [7, 11) is 0. The summed E-state index contributed by atoms with van der Waals surface area (Å²) in [6.07, 6.45) is 3.89. The minimum absolute atomic E-state index is 0.322. The summed E-state index contributed by atoms with van der Waals surface area (Å²) in [5, 5.41) is 22.0. The van der Waals surface area contributed by atoms with Crippen LogP contribution in [0.15, 0.2) is 12.2 Å². The van der Waals surface area contributed by atoms with Crippen molar-refractivity contribution in [2.75, 3.05) is 6.61 Å². The maximum atomic E-state index is 11.6. The van der Waals surface area contributed by atoms with Crippen molar-refractivity contribution in [3.8, 4) is 0 Å². The summed E-state index contributed by atoms with van der Waals surface area (Å²) < 4.78 is 5.08. The summed E-state index contributed by atoms with van der Waals surface area (Å²) in [6.45, 7) is 4.95. The molecule has 1 amide bonds. The Balaban J connectivity index is 2.55. The number of ether oxygens (including phenoxy) is 1. The first-order valence-electron chi connectivity index (χ1n) is 5.74. The van der Waals surface area contributed by atoms with Crippen molar-refractivity contribution in [2.45, 2.75) is 50.9 Å². The lowest BCUT2D eigenvalue weighted by molar-refractivity contribution is -0.0147. The molecule has 0 aromatic heterocycles. The van der Waals surface area contributed by atoms with Crippen LogP contribution in [-0.4, -0.2) is 40.2 Å². The molecule has 1 atom stereocenters. The van der Waals surface area contributed by atoms with Crippen LogP contribution in [0.2, 0.25) is 0 Å². The van der Waals surface area contributed by atoms with Crippen LogP contribution >= 0.6 is 0 Å². The fourth-order valence-electron chi connectivity index (χ4n) is 1.74. The van der Waals surface area contributed by atoms with Crippen molar-refractivity contribution in [1.82, 2.24) is 5.32 Å². The first kappa shape index (κ1) is 14.0. The first-order valence-corrected chi connectivity index (χ1v) is 5.74. The van der Waals surface area contributed by atoms with Crippen molar-refractivity contribution in [2.24, 2.45) is 0 Å². The molecule has 5 heteroatoms. The Hall–Kier alpha value is -1.07. The molecule has 0 heterocycles. The molecule has 3 N–H and O–H groups in total. The number of nitrogens with one attached hydrogen (secondary N) is 1. The molecule has 0 aromatic rings. The molecule has 1 rings (SSSR count). The topological polar surface area (TPSA) is 78.8 Å². The Kier molecular flexibility index (Phi) is 4.16. The Bertz CT molecular complexity index is 298. The Morgan fingerprint density at radius 2 is 2.00 bits per heavy atom. The molecule has 0 spiro atoms. The van der Waals surface area contributed by atoms with Crippen molar-refractivity contribution < 1.29 is 19.7 Å². The van der Waals surface area contributed by atoms with Crippen LogP contribution in [0.1, 0.15) is 33.6 Å². The Morgan fingerprint density at radius 1 is 1.47 bits per heavy atom. The van der Waals surface area contributed by atoms with Gasteiger partial charge < -0.3 is 20.3 Å². The van der Waals surface area contributed by atoms with Crippen LogP contribution in [-0.2, 0) is 4.74 Å². The number of amides is 1. The van der Waals surface area contributed by atoms with Gasteiger partial charge in [-0.25, -0.2) is 4.79 Å². The zero-order valence-corrected chi connectivity index (χ0v) is 10.6. The zero-order valence-electron chi connectivity index (χ0n) is 10.6. The van der Waals surface area contributed by atoms with Gasteiger partial charge in [0.05, 0.1) is 18.2 Å². The van der Waals surface area contributed by atoms with E-state index < -0.39 is 23.3 Å². The maximum Gasteiger partial charge on any atom is 0.408 e. The second-order valence-corrected chi connectivity index (χ2v) is 5.36. The van der Waals surface area contributed by atoms with E-state index >= 15 is 0 Å². The van der Waals surface area contributed by atoms with E-state index in [4.69, 9.17) is 4.74 Å². The monoisotopic (exact) mass is 243 g/mol. The largest absolute Gasteiger partial charge is 0.444 e. The van der Waals surface area contributed by atoms with Crippen molar-refractivity contribution in [1.29, 1.82) is 0 Å². The summed E-state index contributed by atoms with van der Waals surface area (Å²) in [5.41, 5.74) is -1.70. The first-order chi connectivity index (χ1) is 7.77. The third kappa shape index (κ3) is 4.02. The number of carbonyl (C=O) groups excluding carboxylic acids is 1. The fraction of sp³-hybridized carbons (Fsp3) is 0.750. The van der Waals surface area contributed by atoms with Gasteiger partial charge in [0, 0.05) is 0 Å². The average Bonchev–Trinajstić information content (AvgIpc) is 2.59. The van der Waals surface area contributed by atoms with Crippen LogP contribution < -0.4 is 5.32 Å². The van der Waals surface area contributed by atoms with Crippen LogP contribution in [0.4, 0.5) is 4.79 Å². The van der Waals surface area contributed by atoms with E-state index in [2.05, 4.69) is 5.32 Å². The second kappa shape index (κ2) is 5.06. The molecule has 0 radical (unpaired) electrons. The van der Waals surface area contributed by atoms with Gasteiger partial charge >= 0.3 is 6.09 Å². The van der Waals surface area contributed by atoms with Crippen LogP contribution in [0.5, 0.6) is 0 Å². The van der Waals surface area contributed by atoms with Crippen LogP contribution in [0, 0.1) is 0 Å². The van der Waals surface area contributed by atoms with E-state index in [0.717, 1.165) is 0 Å². The molecule has 0 saturated carbocycles. The molecule has 17 heavy (non-hydrogen) atoms.